The number of fused-ring (bicyclic) bond motifs is 11. The Labute approximate surface area is 314 Å². The van der Waals surface area contributed by atoms with Crippen molar-refractivity contribution >= 4 is 28.2 Å². The lowest BCUT2D eigenvalue weighted by molar-refractivity contribution is 0.792. The van der Waals surface area contributed by atoms with E-state index in [2.05, 4.69) is 205 Å². The van der Waals surface area contributed by atoms with Crippen molar-refractivity contribution in [1.29, 1.82) is 0 Å². The van der Waals surface area contributed by atoms with Crippen molar-refractivity contribution in [3.63, 3.8) is 0 Å². The van der Waals surface area contributed by atoms with Crippen molar-refractivity contribution in [3.8, 4) is 44.6 Å². The molecule has 0 saturated heterocycles. The molecule has 0 amide bonds. The lowest BCUT2D eigenvalue weighted by atomic mass is 9.70. The maximum absolute atomic E-state index is 5.50. The fourth-order valence-electron chi connectivity index (χ4n) is 9.10. The number of hydrogen-bond donors (Lipinski definition) is 0. The molecule has 3 heteroatoms. The number of nitrogens with zero attached hydrogens (tertiary/aromatic N) is 3. The van der Waals surface area contributed by atoms with Crippen molar-refractivity contribution < 1.29 is 0 Å². The first kappa shape index (κ1) is 30.5. The summed E-state index contributed by atoms with van der Waals surface area (Å²) < 4.78 is 0. The Morgan fingerprint density at radius 2 is 0.870 bits per heavy atom. The third-order valence-corrected chi connectivity index (χ3v) is 11.3. The summed E-state index contributed by atoms with van der Waals surface area (Å²) in [5.41, 5.74) is 16.9. The minimum Gasteiger partial charge on any atom is -0.279 e. The minimum atomic E-state index is -0.545. The maximum Gasteiger partial charge on any atom is 0.235 e. The van der Waals surface area contributed by atoms with Gasteiger partial charge in [-0.1, -0.05) is 176 Å². The molecular weight excluding hydrogens is 655 g/mol. The second-order valence-corrected chi connectivity index (χ2v) is 14.1. The van der Waals surface area contributed by atoms with Gasteiger partial charge >= 0.3 is 0 Å². The molecule has 3 nitrogen and oxygen atoms in total. The Morgan fingerprint density at radius 1 is 0.370 bits per heavy atom. The normalized spacial score (nSPS) is 13.0. The molecule has 2 aliphatic rings. The zero-order valence-corrected chi connectivity index (χ0v) is 29.4. The van der Waals surface area contributed by atoms with Crippen LogP contribution in [0.4, 0.5) is 17.3 Å². The van der Waals surface area contributed by atoms with Crippen LogP contribution in [-0.2, 0) is 5.41 Å². The average Bonchev–Trinajstić information content (AvgIpc) is 3.72. The molecule has 0 unspecified atom stereocenters. The van der Waals surface area contributed by atoms with Gasteiger partial charge in [0.15, 0.2) is 0 Å². The molecule has 54 heavy (non-hydrogen) atoms. The van der Waals surface area contributed by atoms with Gasteiger partial charge in [0.2, 0.25) is 5.95 Å². The lowest BCUT2D eigenvalue weighted by Gasteiger charge is -2.35. The molecule has 9 aromatic rings. The predicted molar refractivity (Wildman–Crippen MR) is 221 cm³/mol. The summed E-state index contributed by atoms with van der Waals surface area (Å²) in [6.07, 6.45) is 0. The van der Waals surface area contributed by atoms with Crippen LogP contribution in [0.5, 0.6) is 0 Å². The summed E-state index contributed by atoms with van der Waals surface area (Å²) in [4.78, 5) is 13.2. The van der Waals surface area contributed by atoms with Gasteiger partial charge in [-0.2, -0.15) is 0 Å². The van der Waals surface area contributed by atoms with Crippen LogP contribution in [0.2, 0.25) is 0 Å². The first-order valence-corrected chi connectivity index (χ1v) is 18.5. The van der Waals surface area contributed by atoms with Gasteiger partial charge < -0.3 is 0 Å². The van der Waals surface area contributed by atoms with E-state index in [0.29, 0.717) is 5.95 Å². The molecule has 0 N–H and O–H groups in total. The van der Waals surface area contributed by atoms with E-state index in [9.17, 15) is 0 Å². The van der Waals surface area contributed by atoms with Crippen molar-refractivity contribution in [1.82, 2.24) is 9.97 Å². The number of aromatic nitrogens is 2. The van der Waals surface area contributed by atoms with E-state index in [1.165, 1.54) is 50.1 Å². The molecule has 0 bridgehead atoms. The summed E-state index contributed by atoms with van der Waals surface area (Å²) in [6, 6.07) is 71.9. The van der Waals surface area contributed by atoms with Crippen LogP contribution in [0.1, 0.15) is 22.3 Å². The molecule has 8 aromatic carbocycles. The van der Waals surface area contributed by atoms with Crippen LogP contribution < -0.4 is 4.90 Å². The number of hydrogen-bond acceptors (Lipinski definition) is 3. The van der Waals surface area contributed by atoms with Crippen LogP contribution in [0.3, 0.4) is 0 Å². The number of rotatable bonds is 5. The van der Waals surface area contributed by atoms with Crippen LogP contribution >= 0.6 is 0 Å². The second kappa shape index (κ2) is 12.0. The number of para-hydroxylation sites is 1. The largest absolute Gasteiger partial charge is 0.279 e. The monoisotopic (exact) mass is 687 g/mol. The highest BCUT2D eigenvalue weighted by Gasteiger charge is 2.53. The molecule has 252 valence electrons. The molecule has 1 spiro atoms. The molecular formula is C51H33N3. The SMILES string of the molecule is c1ccc(-c2ccc(N(c3nc(-c4ccccc4)c4ccccc4n3)c3cccc4c3C3(c5ccccc5-c5ccccc53)c3ccccc3-4)cc2)cc1. The van der Waals surface area contributed by atoms with Crippen molar-refractivity contribution in [3.05, 3.63) is 222 Å². The van der Waals surface area contributed by atoms with Gasteiger partial charge in [0, 0.05) is 22.2 Å². The Kier molecular flexibility index (Phi) is 6.77. The minimum absolute atomic E-state index is 0.545. The van der Waals surface area contributed by atoms with E-state index in [4.69, 9.17) is 9.97 Å². The molecule has 1 aromatic heterocycles. The quantitative estimate of drug-likeness (QED) is 0.180. The fourth-order valence-corrected chi connectivity index (χ4v) is 9.10. The van der Waals surface area contributed by atoms with Crippen molar-refractivity contribution in [2.75, 3.05) is 4.90 Å². The predicted octanol–water partition coefficient (Wildman–Crippen LogP) is 12.8. The maximum atomic E-state index is 5.50. The van der Waals surface area contributed by atoms with E-state index < -0.39 is 5.41 Å². The summed E-state index contributed by atoms with van der Waals surface area (Å²) in [5, 5.41) is 1.02. The van der Waals surface area contributed by atoms with Gasteiger partial charge in [-0.25, -0.2) is 9.97 Å². The summed E-state index contributed by atoms with van der Waals surface area (Å²) in [6.45, 7) is 0. The topological polar surface area (TPSA) is 29.0 Å². The highest BCUT2D eigenvalue weighted by molar-refractivity contribution is 6.00. The average molecular weight is 688 g/mol. The van der Waals surface area contributed by atoms with Gasteiger partial charge in [-0.3, -0.25) is 4.90 Å². The zero-order chi connectivity index (χ0) is 35.6. The number of anilines is 3. The fraction of sp³-hybridized carbons (Fsp3) is 0.0196. The van der Waals surface area contributed by atoms with E-state index in [1.807, 2.05) is 0 Å². The molecule has 0 radical (unpaired) electrons. The zero-order valence-electron chi connectivity index (χ0n) is 29.4. The first-order chi connectivity index (χ1) is 26.8. The van der Waals surface area contributed by atoms with Crippen molar-refractivity contribution in [2.24, 2.45) is 0 Å². The third kappa shape index (κ3) is 4.36. The molecule has 1 heterocycles. The highest BCUT2D eigenvalue weighted by atomic mass is 15.3. The Morgan fingerprint density at radius 3 is 1.52 bits per heavy atom. The second-order valence-electron chi connectivity index (χ2n) is 14.1. The van der Waals surface area contributed by atoms with Gasteiger partial charge in [0.25, 0.3) is 0 Å². The van der Waals surface area contributed by atoms with Gasteiger partial charge in [-0.15, -0.1) is 0 Å². The lowest BCUT2D eigenvalue weighted by Crippen LogP contribution is -2.28. The van der Waals surface area contributed by atoms with Crippen molar-refractivity contribution in [2.45, 2.75) is 5.41 Å². The van der Waals surface area contributed by atoms with Gasteiger partial charge in [-0.05, 0) is 74.3 Å². The van der Waals surface area contributed by atoms with Gasteiger partial charge in [0.1, 0.15) is 0 Å². The highest BCUT2D eigenvalue weighted by Crippen LogP contribution is 2.65. The van der Waals surface area contributed by atoms with E-state index >= 15 is 0 Å². The first-order valence-electron chi connectivity index (χ1n) is 18.5. The van der Waals surface area contributed by atoms with Crippen LogP contribution in [0, 0.1) is 0 Å². The Bertz CT molecular complexity index is 2820. The number of benzene rings is 8. The standard InChI is InChI=1S/C51H33N3/c1-3-16-34(17-4-1)35-30-32-37(33-31-35)54(50-52-46-28-14-10-23-42(46)49(53-50)36-18-5-2-6-19-36)47-29-15-24-41-40-22-9-13-27-45(40)51(48(41)47)43-25-11-7-20-38(43)39-21-8-12-26-44(39)51/h1-33H. The van der Waals surface area contributed by atoms with Crippen LogP contribution in [0.25, 0.3) is 55.5 Å². The van der Waals surface area contributed by atoms with E-state index in [0.717, 1.165) is 39.1 Å². The van der Waals surface area contributed by atoms with E-state index in [-0.39, 0.29) is 0 Å². The summed E-state index contributed by atoms with van der Waals surface area (Å²) >= 11 is 0. The molecule has 0 aliphatic heterocycles. The van der Waals surface area contributed by atoms with Gasteiger partial charge in [0.05, 0.1) is 22.3 Å². The summed E-state index contributed by atoms with van der Waals surface area (Å²) in [7, 11) is 0. The smallest absolute Gasteiger partial charge is 0.235 e. The van der Waals surface area contributed by atoms with E-state index in [1.54, 1.807) is 0 Å². The molecule has 0 atom stereocenters. The van der Waals surface area contributed by atoms with Crippen LogP contribution in [-0.4, -0.2) is 9.97 Å². The summed E-state index contributed by atoms with van der Waals surface area (Å²) in [5.74, 6) is 0.624. The Hall–Kier alpha value is -7.10. The van der Waals surface area contributed by atoms with Crippen LogP contribution in [0.15, 0.2) is 200 Å². The third-order valence-electron chi connectivity index (χ3n) is 11.3. The molecule has 2 aliphatic carbocycles. The molecule has 0 fully saturated rings. The molecule has 0 saturated carbocycles. The Balaban J connectivity index is 1.24. The molecule has 11 rings (SSSR count).